The number of amides is 3. The van der Waals surface area contributed by atoms with E-state index < -0.39 is 33.1 Å². The molecule has 2 fully saturated rings. The highest BCUT2D eigenvalue weighted by Gasteiger charge is 2.40. The molecule has 0 saturated carbocycles. The number of benzene rings is 2. The van der Waals surface area contributed by atoms with E-state index in [1.54, 1.807) is 30.3 Å². The second-order valence-electron chi connectivity index (χ2n) is 8.12. The minimum atomic E-state index is -3.80. The number of sulfonamides is 1. The van der Waals surface area contributed by atoms with Gasteiger partial charge in [0, 0.05) is 19.6 Å². The highest BCUT2D eigenvalue weighted by molar-refractivity contribution is 8.18. The summed E-state index contributed by atoms with van der Waals surface area (Å²) in [5.41, 5.74) is 1.76. The fourth-order valence-corrected chi connectivity index (χ4v) is 6.46. The van der Waals surface area contributed by atoms with E-state index >= 15 is 0 Å². The molecule has 1 N–H and O–H groups in total. The molecule has 1 unspecified atom stereocenters. The zero-order valence-electron chi connectivity index (χ0n) is 18.6. The van der Waals surface area contributed by atoms with Gasteiger partial charge in [-0.05, 0) is 55.3 Å². The second kappa shape index (κ2) is 10.1. The summed E-state index contributed by atoms with van der Waals surface area (Å²) in [5.74, 6) is -0.836. The summed E-state index contributed by atoms with van der Waals surface area (Å²) in [7, 11) is -3.80. The van der Waals surface area contributed by atoms with Crippen LogP contribution < -0.4 is 5.32 Å². The van der Waals surface area contributed by atoms with Crippen LogP contribution in [0.25, 0.3) is 6.08 Å². The third-order valence-electron chi connectivity index (χ3n) is 5.74. The van der Waals surface area contributed by atoms with Gasteiger partial charge in [-0.2, -0.15) is 4.31 Å². The molecule has 2 aliphatic heterocycles. The number of thioether (sulfide) groups is 1. The SMILES string of the molecule is Cc1ccc(S(=O)(=O)N2CCCC2C(=O)NCCN2C(=O)SC(=Cc3ccccc3)C2=O)cc1. The molecule has 0 aromatic heterocycles. The topological polar surface area (TPSA) is 104 Å². The first-order valence-corrected chi connectivity index (χ1v) is 13.2. The molecular formula is C24H25N3O5S2. The summed E-state index contributed by atoms with van der Waals surface area (Å²) >= 11 is 0.861. The molecule has 0 radical (unpaired) electrons. The van der Waals surface area contributed by atoms with Crippen molar-refractivity contribution >= 4 is 44.9 Å². The highest BCUT2D eigenvalue weighted by Crippen LogP contribution is 2.32. The second-order valence-corrected chi connectivity index (χ2v) is 11.0. The number of hydrogen-bond acceptors (Lipinski definition) is 6. The van der Waals surface area contributed by atoms with Crippen LogP contribution in [0, 0.1) is 6.92 Å². The van der Waals surface area contributed by atoms with E-state index in [4.69, 9.17) is 0 Å². The molecule has 2 heterocycles. The Bertz CT molecular complexity index is 1230. The average Bonchev–Trinajstić information content (AvgIpc) is 3.41. The number of nitrogens with one attached hydrogen (secondary N) is 1. The van der Waals surface area contributed by atoms with Crippen LogP contribution in [0.1, 0.15) is 24.0 Å². The van der Waals surface area contributed by atoms with Crippen LogP contribution in [0.3, 0.4) is 0 Å². The smallest absolute Gasteiger partial charge is 0.293 e. The van der Waals surface area contributed by atoms with Crippen LogP contribution in [0.4, 0.5) is 4.79 Å². The van der Waals surface area contributed by atoms with Gasteiger partial charge < -0.3 is 5.32 Å². The Morgan fingerprint density at radius 3 is 2.53 bits per heavy atom. The maximum absolute atomic E-state index is 13.1. The van der Waals surface area contributed by atoms with Crippen molar-refractivity contribution in [3.8, 4) is 0 Å². The quantitative estimate of drug-likeness (QED) is 0.588. The largest absolute Gasteiger partial charge is 0.353 e. The minimum absolute atomic E-state index is 0.0139. The fourth-order valence-electron chi connectivity index (χ4n) is 3.94. The average molecular weight is 500 g/mol. The van der Waals surface area contributed by atoms with Crippen molar-refractivity contribution in [2.45, 2.75) is 30.7 Å². The van der Waals surface area contributed by atoms with Crippen molar-refractivity contribution in [2.75, 3.05) is 19.6 Å². The summed E-state index contributed by atoms with van der Waals surface area (Å²) < 4.78 is 27.3. The number of hydrogen-bond donors (Lipinski definition) is 1. The predicted molar refractivity (Wildman–Crippen MR) is 130 cm³/mol. The van der Waals surface area contributed by atoms with Gasteiger partial charge in [-0.3, -0.25) is 19.3 Å². The maximum atomic E-state index is 13.1. The maximum Gasteiger partial charge on any atom is 0.293 e. The molecule has 0 aliphatic carbocycles. The molecule has 8 nitrogen and oxygen atoms in total. The van der Waals surface area contributed by atoms with Crippen molar-refractivity contribution in [3.05, 3.63) is 70.6 Å². The first-order chi connectivity index (χ1) is 16.3. The van der Waals surface area contributed by atoms with Gasteiger partial charge in [-0.1, -0.05) is 48.0 Å². The Morgan fingerprint density at radius 2 is 1.82 bits per heavy atom. The lowest BCUT2D eigenvalue weighted by molar-refractivity contribution is -0.125. The number of nitrogens with zero attached hydrogens (tertiary/aromatic N) is 2. The Balaban J connectivity index is 1.36. The van der Waals surface area contributed by atoms with E-state index in [2.05, 4.69) is 5.32 Å². The number of imide groups is 1. The van der Waals surface area contributed by atoms with E-state index in [0.717, 1.165) is 27.8 Å². The van der Waals surface area contributed by atoms with Crippen molar-refractivity contribution in [1.82, 2.24) is 14.5 Å². The van der Waals surface area contributed by atoms with E-state index in [9.17, 15) is 22.8 Å². The fraction of sp³-hybridized carbons (Fsp3) is 0.292. The van der Waals surface area contributed by atoms with Gasteiger partial charge in [0.15, 0.2) is 0 Å². The molecular weight excluding hydrogens is 474 g/mol. The predicted octanol–water partition coefficient (Wildman–Crippen LogP) is 3.00. The zero-order valence-corrected chi connectivity index (χ0v) is 20.3. The highest BCUT2D eigenvalue weighted by atomic mass is 32.2. The van der Waals surface area contributed by atoms with Gasteiger partial charge in [0.2, 0.25) is 15.9 Å². The molecule has 2 aromatic carbocycles. The van der Waals surface area contributed by atoms with Gasteiger partial charge in [-0.15, -0.1) is 0 Å². The van der Waals surface area contributed by atoms with Crippen molar-refractivity contribution in [1.29, 1.82) is 0 Å². The van der Waals surface area contributed by atoms with Crippen LogP contribution in [0.5, 0.6) is 0 Å². The number of carbonyl (C=O) groups is 3. The number of carbonyl (C=O) groups excluding carboxylic acids is 3. The Morgan fingerprint density at radius 1 is 1.12 bits per heavy atom. The van der Waals surface area contributed by atoms with Crippen LogP contribution >= 0.6 is 11.8 Å². The molecule has 2 aliphatic rings. The van der Waals surface area contributed by atoms with E-state index in [1.165, 1.54) is 4.31 Å². The van der Waals surface area contributed by atoms with Gasteiger partial charge in [0.1, 0.15) is 6.04 Å². The first kappa shape index (κ1) is 24.2. The summed E-state index contributed by atoms with van der Waals surface area (Å²) in [6.07, 6.45) is 2.66. The summed E-state index contributed by atoms with van der Waals surface area (Å²) in [6.45, 7) is 2.20. The molecule has 2 saturated heterocycles. The molecule has 2 aromatic rings. The van der Waals surface area contributed by atoms with E-state index in [1.807, 2.05) is 37.3 Å². The molecule has 10 heteroatoms. The number of rotatable bonds is 7. The van der Waals surface area contributed by atoms with Gasteiger partial charge in [-0.25, -0.2) is 8.42 Å². The monoisotopic (exact) mass is 499 g/mol. The molecule has 34 heavy (non-hydrogen) atoms. The van der Waals surface area contributed by atoms with Gasteiger partial charge in [0.05, 0.1) is 9.80 Å². The molecule has 178 valence electrons. The van der Waals surface area contributed by atoms with E-state index in [0.29, 0.717) is 17.7 Å². The van der Waals surface area contributed by atoms with E-state index in [-0.39, 0.29) is 24.5 Å². The molecule has 3 amide bonds. The molecule has 0 bridgehead atoms. The Labute approximate surface area is 203 Å². The van der Waals surface area contributed by atoms with Crippen molar-refractivity contribution < 1.29 is 22.8 Å². The lowest BCUT2D eigenvalue weighted by atomic mass is 10.2. The van der Waals surface area contributed by atoms with Crippen molar-refractivity contribution in [2.24, 2.45) is 0 Å². The normalized spacial score (nSPS) is 20.3. The summed E-state index contributed by atoms with van der Waals surface area (Å²) in [4.78, 5) is 39.3. The summed E-state index contributed by atoms with van der Waals surface area (Å²) in [5, 5.41) is 2.30. The van der Waals surface area contributed by atoms with Crippen LogP contribution in [-0.2, 0) is 19.6 Å². The van der Waals surface area contributed by atoms with Gasteiger partial charge in [0.25, 0.3) is 11.1 Å². The number of aryl methyl sites for hydroxylation is 1. The Hall–Kier alpha value is -2.95. The summed E-state index contributed by atoms with van der Waals surface area (Å²) in [6, 6.07) is 14.9. The zero-order chi connectivity index (χ0) is 24.3. The van der Waals surface area contributed by atoms with Crippen molar-refractivity contribution in [3.63, 3.8) is 0 Å². The van der Waals surface area contributed by atoms with Crippen LogP contribution in [0.15, 0.2) is 64.4 Å². The van der Waals surface area contributed by atoms with Crippen LogP contribution in [0.2, 0.25) is 0 Å². The molecule has 4 rings (SSSR count). The lowest BCUT2D eigenvalue weighted by Crippen LogP contribution is -2.47. The third-order valence-corrected chi connectivity index (χ3v) is 8.57. The minimum Gasteiger partial charge on any atom is -0.353 e. The standard InChI is InChI=1S/C24H25N3O5S2/c1-17-9-11-19(12-10-17)34(31,32)27-14-5-8-20(27)22(28)25-13-15-26-23(29)21(33-24(26)30)16-18-6-3-2-4-7-18/h2-4,6-7,9-12,16,20H,5,8,13-15H2,1H3,(H,25,28). The lowest BCUT2D eigenvalue weighted by Gasteiger charge is -2.24. The molecule has 1 atom stereocenters. The third kappa shape index (κ3) is 5.08. The Kier molecular flexibility index (Phi) is 7.20. The molecule has 0 spiro atoms. The first-order valence-electron chi connectivity index (χ1n) is 10.9. The van der Waals surface area contributed by atoms with Gasteiger partial charge >= 0.3 is 0 Å². The van der Waals surface area contributed by atoms with Crippen LogP contribution in [-0.4, -0.2) is 60.4 Å².